The molecule has 0 saturated carbocycles. The molecule has 9 nitrogen and oxygen atoms in total. The highest BCUT2D eigenvalue weighted by Crippen LogP contribution is 2.12. The first kappa shape index (κ1) is 44.9. The van der Waals surface area contributed by atoms with Gasteiger partial charge < -0.3 is 26.0 Å². The summed E-state index contributed by atoms with van der Waals surface area (Å²) in [6, 6.07) is 8.64. The highest BCUT2D eigenvalue weighted by Gasteiger charge is 2.21. The monoisotopic (exact) mass is 701 g/mol. The van der Waals surface area contributed by atoms with Gasteiger partial charge in [0.05, 0.1) is 0 Å². The molecule has 1 rings (SSSR count). The third-order valence-corrected chi connectivity index (χ3v) is 9.06. The van der Waals surface area contributed by atoms with Crippen molar-refractivity contribution in [3.63, 3.8) is 0 Å². The normalized spacial score (nSPS) is 11.5. The van der Waals surface area contributed by atoms with Crippen LogP contribution in [0.15, 0.2) is 30.3 Å². The highest BCUT2D eigenvalue weighted by atomic mass is 16.5. The van der Waals surface area contributed by atoms with Gasteiger partial charge in [-0.1, -0.05) is 160 Å². The average molecular weight is 701 g/mol. The van der Waals surface area contributed by atoms with E-state index in [-0.39, 0.29) is 50.1 Å². The van der Waals surface area contributed by atoms with E-state index in [0.717, 1.165) is 37.7 Å². The fourth-order valence-electron chi connectivity index (χ4n) is 5.90. The quantitative estimate of drug-likeness (QED) is 0.0545. The molecule has 1 aromatic carbocycles. The van der Waals surface area contributed by atoms with Gasteiger partial charge in [-0.05, 0) is 31.2 Å². The van der Waals surface area contributed by atoms with E-state index in [1.54, 1.807) is 0 Å². The summed E-state index contributed by atoms with van der Waals surface area (Å²) in [6.45, 7) is 6.13. The molecule has 9 heteroatoms. The number of carbonyl (C=O) groups is 4. The molecular weight excluding hydrogens is 628 g/mol. The lowest BCUT2D eigenvalue weighted by Crippen LogP contribution is -2.47. The van der Waals surface area contributed by atoms with E-state index in [1.165, 1.54) is 96.3 Å². The Morgan fingerprint density at radius 3 is 1.56 bits per heavy atom. The van der Waals surface area contributed by atoms with Gasteiger partial charge in [0, 0.05) is 32.5 Å². The van der Waals surface area contributed by atoms with Crippen LogP contribution >= 0.6 is 0 Å². The highest BCUT2D eigenvalue weighted by molar-refractivity contribution is 5.88. The minimum absolute atomic E-state index is 0.0964. The fraction of sp³-hybridized carbons (Fsp3) is 0.756. The van der Waals surface area contributed by atoms with E-state index in [2.05, 4.69) is 35.1 Å². The molecule has 1 unspecified atom stereocenters. The summed E-state index contributed by atoms with van der Waals surface area (Å²) in [5.74, 6) is -0.630. The minimum atomic E-state index is -0.780. The van der Waals surface area contributed by atoms with Crippen LogP contribution < -0.4 is 21.3 Å². The summed E-state index contributed by atoms with van der Waals surface area (Å²) in [7, 11) is 0. The van der Waals surface area contributed by atoms with E-state index in [0.29, 0.717) is 19.5 Å². The Hall–Kier alpha value is -3.10. The number of ether oxygens (including phenoxy) is 1. The van der Waals surface area contributed by atoms with Crippen molar-refractivity contribution in [1.82, 2.24) is 21.3 Å². The van der Waals surface area contributed by atoms with Gasteiger partial charge >= 0.3 is 6.09 Å². The molecule has 0 fully saturated rings. The second-order valence-corrected chi connectivity index (χ2v) is 13.8. The van der Waals surface area contributed by atoms with Crippen LogP contribution in [-0.2, 0) is 25.7 Å². The lowest BCUT2D eigenvalue weighted by Gasteiger charge is -2.19. The number of amides is 4. The van der Waals surface area contributed by atoms with Crippen molar-refractivity contribution in [2.24, 2.45) is 0 Å². The SMILES string of the molecule is CCCCCCCCCCCCNC(=O)CCC(NC(=O)CCCNC(=O)OCc1ccccc1)C(=O)NCCCCCCCCCCCC. The molecule has 0 bridgehead atoms. The van der Waals surface area contributed by atoms with Crippen LogP contribution in [0.3, 0.4) is 0 Å². The molecule has 0 aliphatic heterocycles. The summed E-state index contributed by atoms with van der Waals surface area (Å²) < 4.78 is 5.21. The third kappa shape index (κ3) is 27.7. The number of benzene rings is 1. The van der Waals surface area contributed by atoms with Crippen LogP contribution in [0.4, 0.5) is 4.79 Å². The summed E-state index contributed by atoms with van der Waals surface area (Å²) in [4.78, 5) is 50.4. The zero-order valence-corrected chi connectivity index (χ0v) is 31.8. The molecule has 0 aliphatic rings. The van der Waals surface area contributed by atoms with Gasteiger partial charge in [-0.3, -0.25) is 14.4 Å². The first-order valence-electron chi connectivity index (χ1n) is 20.2. The second-order valence-electron chi connectivity index (χ2n) is 13.8. The smallest absolute Gasteiger partial charge is 0.407 e. The molecule has 0 spiro atoms. The van der Waals surface area contributed by atoms with Crippen molar-refractivity contribution >= 4 is 23.8 Å². The maximum absolute atomic E-state index is 13.1. The van der Waals surface area contributed by atoms with E-state index in [9.17, 15) is 19.2 Å². The predicted octanol–water partition coefficient (Wildman–Crippen LogP) is 9.03. The first-order chi connectivity index (χ1) is 24.5. The number of alkyl carbamates (subject to hydrolysis) is 1. The maximum Gasteiger partial charge on any atom is 0.407 e. The summed E-state index contributed by atoms with van der Waals surface area (Å²) in [5.41, 5.74) is 0.895. The van der Waals surface area contributed by atoms with Crippen LogP contribution in [0.1, 0.15) is 174 Å². The first-order valence-corrected chi connectivity index (χ1v) is 20.2. The van der Waals surface area contributed by atoms with E-state index >= 15 is 0 Å². The minimum Gasteiger partial charge on any atom is -0.445 e. The van der Waals surface area contributed by atoms with Gasteiger partial charge in [0.2, 0.25) is 17.7 Å². The molecule has 4 N–H and O–H groups in total. The molecule has 0 aromatic heterocycles. The van der Waals surface area contributed by atoms with Crippen molar-refractivity contribution in [2.45, 2.75) is 181 Å². The third-order valence-electron chi connectivity index (χ3n) is 9.06. The molecule has 0 aliphatic carbocycles. The number of hydrogen-bond donors (Lipinski definition) is 4. The molecule has 0 saturated heterocycles. The molecule has 286 valence electrons. The molecule has 0 radical (unpaired) electrons. The Morgan fingerprint density at radius 2 is 1.02 bits per heavy atom. The van der Waals surface area contributed by atoms with Gasteiger partial charge in [-0.15, -0.1) is 0 Å². The van der Waals surface area contributed by atoms with E-state index in [1.807, 2.05) is 30.3 Å². The second kappa shape index (κ2) is 33.1. The Labute approximate surface area is 304 Å². The van der Waals surface area contributed by atoms with Gasteiger partial charge in [0.1, 0.15) is 12.6 Å². The zero-order chi connectivity index (χ0) is 36.3. The number of unbranched alkanes of at least 4 members (excludes halogenated alkanes) is 18. The molecule has 1 atom stereocenters. The Balaban J connectivity index is 2.36. The zero-order valence-electron chi connectivity index (χ0n) is 31.8. The average Bonchev–Trinajstić information content (AvgIpc) is 3.12. The predicted molar refractivity (Wildman–Crippen MR) is 205 cm³/mol. The number of nitrogens with one attached hydrogen (secondary N) is 4. The largest absolute Gasteiger partial charge is 0.445 e. The Bertz CT molecular complexity index is 990. The van der Waals surface area contributed by atoms with Crippen LogP contribution in [0.2, 0.25) is 0 Å². The van der Waals surface area contributed by atoms with Crippen molar-refractivity contribution in [3.8, 4) is 0 Å². The summed E-state index contributed by atoms with van der Waals surface area (Å²) in [6.07, 6.45) is 25.0. The van der Waals surface area contributed by atoms with E-state index in [4.69, 9.17) is 4.74 Å². The van der Waals surface area contributed by atoms with Crippen molar-refractivity contribution in [1.29, 1.82) is 0 Å². The molecular formula is C41H72N4O5. The lowest BCUT2D eigenvalue weighted by atomic mass is 10.1. The number of hydrogen-bond acceptors (Lipinski definition) is 5. The van der Waals surface area contributed by atoms with Gasteiger partial charge in [-0.25, -0.2) is 4.79 Å². The van der Waals surface area contributed by atoms with Crippen LogP contribution in [0, 0.1) is 0 Å². The summed E-state index contributed by atoms with van der Waals surface area (Å²) in [5, 5.41) is 11.5. The molecule has 4 amide bonds. The number of rotatable bonds is 33. The Kier molecular flexibility index (Phi) is 29.7. The van der Waals surface area contributed by atoms with Crippen LogP contribution in [0.25, 0.3) is 0 Å². The lowest BCUT2D eigenvalue weighted by molar-refractivity contribution is -0.129. The molecule has 50 heavy (non-hydrogen) atoms. The molecule has 1 aromatic rings. The molecule has 0 heterocycles. The van der Waals surface area contributed by atoms with Crippen LogP contribution in [0.5, 0.6) is 0 Å². The van der Waals surface area contributed by atoms with Crippen molar-refractivity contribution in [2.75, 3.05) is 19.6 Å². The van der Waals surface area contributed by atoms with Gasteiger partial charge in [-0.2, -0.15) is 0 Å². The van der Waals surface area contributed by atoms with Crippen molar-refractivity contribution < 1.29 is 23.9 Å². The number of carbonyl (C=O) groups excluding carboxylic acids is 4. The maximum atomic E-state index is 13.1. The summed E-state index contributed by atoms with van der Waals surface area (Å²) >= 11 is 0. The Morgan fingerprint density at radius 1 is 0.540 bits per heavy atom. The fourth-order valence-corrected chi connectivity index (χ4v) is 5.90. The van der Waals surface area contributed by atoms with Gasteiger partial charge in [0.25, 0.3) is 0 Å². The van der Waals surface area contributed by atoms with Crippen molar-refractivity contribution in [3.05, 3.63) is 35.9 Å². The van der Waals surface area contributed by atoms with E-state index < -0.39 is 12.1 Å². The standard InChI is InChI=1S/C41H72N4O5/c1-3-5-7-9-11-13-15-17-19-24-32-42-38(46)31-30-37(40(48)43-33-25-20-18-16-14-12-10-8-6-4-2)45-39(47)29-26-34-44-41(49)50-35-36-27-22-21-23-28-36/h21-23,27-28,37H,3-20,24-26,29-35H2,1-2H3,(H,42,46)(H,43,48)(H,44,49)(H,45,47). The van der Waals surface area contributed by atoms with Crippen LogP contribution in [-0.4, -0.2) is 49.5 Å². The topological polar surface area (TPSA) is 126 Å². The van der Waals surface area contributed by atoms with Gasteiger partial charge in [0.15, 0.2) is 0 Å².